The Morgan fingerprint density at radius 2 is 2.31 bits per heavy atom. The Morgan fingerprint density at radius 1 is 1.46 bits per heavy atom. The fraction of sp³-hybridized carbons (Fsp3) is 0.200. The first-order chi connectivity index (χ1) is 6.31. The van der Waals surface area contributed by atoms with Gasteiger partial charge in [-0.25, -0.2) is 0 Å². The molecule has 2 aromatic rings. The second kappa shape index (κ2) is 3.11. The van der Waals surface area contributed by atoms with Gasteiger partial charge in [-0.15, -0.1) is 0 Å². The number of nitrogen functional groups attached to an aromatic ring is 1. The summed E-state index contributed by atoms with van der Waals surface area (Å²) in [6.07, 6.45) is 0. The van der Waals surface area contributed by atoms with Crippen LogP contribution in [-0.4, -0.2) is 7.05 Å². The third-order valence-corrected chi connectivity index (χ3v) is 2.00. The van der Waals surface area contributed by atoms with Crippen LogP contribution in [0.5, 0.6) is 0 Å². The predicted molar refractivity (Wildman–Crippen MR) is 53.4 cm³/mol. The molecule has 0 radical (unpaired) electrons. The van der Waals surface area contributed by atoms with E-state index in [0.717, 1.165) is 29.0 Å². The van der Waals surface area contributed by atoms with E-state index in [0.29, 0.717) is 0 Å². The van der Waals surface area contributed by atoms with Gasteiger partial charge in [0.25, 0.3) is 0 Å². The van der Waals surface area contributed by atoms with Gasteiger partial charge >= 0.3 is 0 Å². The van der Waals surface area contributed by atoms with Crippen LogP contribution in [0.4, 0.5) is 5.69 Å². The fourth-order valence-electron chi connectivity index (χ4n) is 1.40. The van der Waals surface area contributed by atoms with Gasteiger partial charge in [-0.1, -0.05) is 6.07 Å². The highest BCUT2D eigenvalue weighted by Crippen LogP contribution is 2.24. The van der Waals surface area contributed by atoms with Crippen molar-refractivity contribution in [3.8, 4) is 0 Å². The van der Waals surface area contributed by atoms with E-state index in [-0.39, 0.29) is 0 Å². The Kier molecular flexibility index (Phi) is 1.94. The van der Waals surface area contributed by atoms with E-state index >= 15 is 0 Å². The van der Waals surface area contributed by atoms with Crippen molar-refractivity contribution in [2.24, 2.45) is 0 Å². The standard InChI is InChI=1S/C10H12N2O/c1-12-6-7-5-8-9(11)3-2-4-10(8)13-7/h2-5,12H,6,11H2,1H3. The molecule has 0 unspecified atom stereocenters. The molecule has 0 bridgehead atoms. The van der Waals surface area contributed by atoms with E-state index < -0.39 is 0 Å². The first kappa shape index (κ1) is 8.13. The molecular formula is C10H12N2O. The second-order valence-electron chi connectivity index (χ2n) is 3.00. The molecule has 0 aliphatic heterocycles. The van der Waals surface area contributed by atoms with Gasteiger partial charge in [0.15, 0.2) is 0 Å². The molecule has 1 heterocycles. The van der Waals surface area contributed by atoms with E-state index in [1.165, 1.54) is 0 Å². The van der Waals surface area contributed by atoms with Crippen molar-refractivity contribution in [1.82, 2.24) is 5.32 Å². The average molecular weight is 176 g/mol. The molecule has 0 atom stereocenters. The Bertz CT molecular complexity index is 420. The van der Waals surface area contributed by atoms with Crippen molar-refractivity contribution < 1.29 is 4.42 Å². The van der Waals surface area contributed by atoms with Gasteiger partial charge in [-0.3, -0.25) is 0 Å². The average Bonchev–Trinajstić information content (AvgIpc) is 2.49. The second-order valence-corrected chi connectivity index (χ2v) is 3.00. The van der Waals surface area contributed by atoms with Crippen molar-refractivity contribution in [3.63, 3.8) is 0 Å². The quantitative estimate of drug-likeness (QED) is 0.685. The lowest BCUT2D eigenvalue weighted by Gasteiger charge is -1.91. The SMILES string of the molecule is CNCc1cc2c(N)cccc2o1. The molecule has 0 spiro atoms. The third-order valence-electron chi connectivity index (χ3n) is 2.00. The number of nitrogens with two attached hydrogens (primary N) is 1. The molecule has 13 heavy (non-hydrogen) atoms. The van der Waals surface area contributed by atoms with Crippen molar-refractivity contribution in [2.45, 2.75) is 6.54 Å². The number of anilines is 1. The number of benzene rings is 1. The fourth-order valence-corrected chi connectivity index (χ4v) is 1.40. The summed E-state index contributed by atoms with van der Waals surface area (Å²) in [5.41, 5.74) is 7.40. The van der Waals surface area contributed by atoms with Gasteiger partial charge in [-0.05, 0) is 25.2 Å². The summed E-state index contributed by atoms with van der Waals surface area (Å²) in [4.78, 5) is 0. The first-order valence-electron chi connectivity index (χ1n) is 4.23. The topological polar surface area (TPSA) is 51.2 Å². The molecule has 0 aliphatic carbocycles. The van der Waals surface area contributed by atoms with E-state index in [1.807, 2.05) is 31.3 Å². The summed E-state index contributed by atoms with van der Waals surface area (Å²) in [5, 5.41) is 4.02. The Morgan fingerprint density at radius 3 is 3.00 bits per heavy atom. The number of hydrogen-bond acceptors (Lipinski definition) is 3. The van der Waals surface area contributed by atoms with Crippen LogP contribution in [0.25, 0.3) is 11.0 Å². The Hall–Kier alpha value is -1.48. The zero-order valence-corrected chi connectivity index (χ0v) is 7.50. The lowest BCUT2D eigenvalue weighted by molar-refractivity contribution is 0.531. The summed E-state index contributed by atoms with van der Waals surface area (Å²) < 4.78 is 5.55. The molecule has 1 aromatic heterocycles. The van der Waals surface area contributed by atoms with Gasteiger partial charge in [0, 0.05) is 11.1 Å². The maximum absolute atomic E-state index is 5.79. The minimum atomic E-state index is 0.730. The molecule has 1 aromatic carbocycles. The van der Waals surface area contributed by atoms with E-state index in [2.05, 4.69) is 5.32 Å². The monoisotopic (exact) mass is 176 g/mol. The number of fused-ring (bicyclic) bond motifs is 1. The van der Waals surface area contributed by atoms with Crippen LogP contribution in [0.15, 0.2) is 28.7 Å². The van der Waals surface area contributed by atoms with Gasteiger partial charge in [0.2, 0.25) is 0 Å². The van der Waals surface area contributed by atoms with Gasteiger partial charge in [-0.2, -0.15) is 0 Å². The van der Waals surface area contributed by atoms with Crippen LogP contribution in [0.1, 0.15) is 5.76 Å². The highest BCUT2D eigenvalue weighted by atomic mass is 16.3. The first-order valence-corrected chi connectivity index (χ1v) is 4.23. The lowest BCUT2D eigenvalue weighted by Crippen LogP contribution is -2.03. The van der Waals surface area contributed by atoms with Crippen molar-refractivity contribution in [3.05, 3.63) is 30.0 Å². The van der Waals surface area contributed by atoms with Gasteiger partial charge in [0.1, 0.15) is 11.3 Å². The van der Waals surface area contributed by atoms with Crippen LogP contribution < -0.4 is 11.1 Å². The highest BCUT2D eigenvalue weighted by Gasteiger charge is 2.04. The summed E-state index contributed by atoms with van der Waals surface area (Å²) in [7, 11) is 1.89. The highest BCUT2D eigenvalue weighted by molar-refractivity contribution is 5.89. The normalized spacial score (nSPS) is 10.8. The molecule has 0 fully saturated rings. The molecule has 2 rings (SSSR count). The minimum Gasteiger partial charge on any atom is -0.460 e. The number of hydrogen-bond donors (Lipinski definition) is 2. The summed E-state index contributed by atoms with van der Waals surface area (Å²) >= 11 is 0. The molecule has 3 heteroatoms. The Balaban J connectivity index is 2.55. The van der Waals surface area contributed by atoms with E-state index in [1.54, 1.807) is 0 Å². The molecule has 0 aliphatic rings. The maximum Gasteiger partial charge on any atom is 0.136 e. The number of rotatable bonds is 2. The predicted octanol–water partition coefficient (Wildman–Crippen LogP) is 1.73. The molecule has 3 N–H and O–H groups in total. The summed E-state index contributed by atoms with van der Waals surface area (Å²) in [6.45, 7) is 0.730. The lowest BCUT2D eigenvalue weighted by atomic mass is 10.2. The van der Waals surface area contributed by atoms with Crippen molar-refractivity contribution >= 4 is 16.7 Å². The van der Waals surface area contributed by atoms with Crippen LogP contribution in [0, 0.1) is 0 Å². The largest absolute Gasteiger partial charge is 0.460 e. The van der Waals surface area contributed by atoms with Crippen molar-refractivity contribution in [2.75, 3.05) is 12.8 Å². The molecule has 68 valence electrons. The van der Waals surface area contributed by atoms with E-state index in [4.69, 9.17) is 10.2 Å². The minimum absolute atomic E-state index is 0.730. The Labute approximate surface area is 76.5 Å². The maximum atomic E-state index is 5.79. The number of furan rings is 1. The van der Waals surface area contributed by atoms with Crippen LogP contribution in [0.3, 0.4) is 0 Å². The zero-order valence-electron chi connectivity index (χ0n) is 7.50. The molecule has 0 saturated carbocycles. The molecule has 0 amide bonds. The van der Waals surface area contributed by atoms with Crippen molar-refractivity contribution in [1.29, 1.82) is 0 Å². The van der Waals surface area contributed by atoms with Crippen LogP contribution >= 0.6 is 0 Å². The van der Waals surface area contributed by atoms with Crippen LogP contribution in [0.2, 0.25) is 0 Å². The zero-order chi connectivity index (χ0) is 9.26. The van der Waals surface area contributed by atoms with Crippen LogP contribution in [-0.2, 0) is 6.54 Å². The summed E-state index contributed by atoms with van der Waals surface area (Å²) in [6, 6.07) is 7.66. The molecule has 0 saturated heterocycles. The van der Waals surface area contributed by atoms with Gasteiger partial charge in [0.05, 0.1) is 6.54 Å². The summed E-state index contributed by atoms with van der Waals surface area (Å²) in [5.74, 6) is 0.912. The van der Waals surface area contributed by atoms with E-state index in [9.17, 15) is 0 Å². The smallest absolute Gasteiger partial charge is 0.136 e. The van der Waals surface area contributed by atoms with Gasteiger partial charge < -0.3 is 15.5 Å². The molecule has 3 nitrogen and oxygen atoms in total. The number of nitrogens with one attached hydrogen (secondary N) is 1. The third kappa shape index (κ3) is 1.38. The molecular weight excluding hydrogens is 164 g/mol.